The Morgan fingerprint density at radius 3 is 3.00 bits per heavy atom. The maximum Gasteiger partial charge on any atom is 0.150 e. The van der Waals surface area contributed by atoms with Crippen LogP contribution in [0.2, 0.25) is 0 Å². The Morgan fingerprint density at radius 1 is 1.18 bits per heavy atom. The Kier molecular flexibility index (Phi) is 3.38. The normalized spacial score (nSPS) is 18.6. The molecule has 110 valence electrons. The maximum atomic E-state index is 5.76. The molecule has 1 unspecified atom stereocenters. The van der Waals surface area contributed by atoms with E-state index in [1.165, 1.54) is 11.9 Å². The van der Waals surface area contributed by atoms with Crippen LogP contribution < -0.4 is 5.46 Å². The molecule has 0 radical (unpaired) electrons. The standard InChI is InChI=1S/C16H17BN4O/c17-12-4-5-13-14(7-12)20-15(9-18-13)11-8-19-21(10-11)16-3-1-2-6-22-16/h4-5,7-10,16H,1-3,6,17H2. The van der Waals surface area contributed by atoms with E-state index < -0.39 is 0 Å². The van der Waals surface area contributed by atoms with Crippen molar-refractivity contribution in [1.29, 1.82) is 0 Å². The Morgan fingerprint density at radius 2 is 2.14 bits per heavy atom. The zero-order chi connectivity index (χ0) is 14.9. The van der Waals surface area contributed by atoms with Crippen molar-refractivity contribution in [3.63, 3.8) is 0 Å². The SMILES string of the molecule is Bc1ccc2ncc(-c3cnn(C4CCCCO4)c3)nc2c1. The first-order chi connectivity index (χ1) is 10.8. The summed E-state index contributed by atoms with van der Waals surface area (Å²) in [6, 6.07) is 6.11. The van der Waals surface area contributed by atoms with Gasteiger partial charge in [-0.15, -0.1) is 0 Å². The van der Waals surface area contributed by atoms with Crippen molar-refractivity contribution >= 4 is 24.3 Å². The van der Waals surface area contributed by atoms with Crippen molar-refractivity contribution < 1.29 is 4.74 Å². The molecule has 1 fully saturated rings. The summed E-state index contributed by atoms with van der Waals surface area (Å²) in [5.74, 6) is 0. The monoisotopic (exact) mass is 292 g/mol. The van der Waals surface area contributed by atoms with Crippen LogP contribution in [0.1, 0.15) is 25.5 Å². The van der Waals surface area contributed by atoms with Crippen LogP contribution in [0.5, 0.6) is 0 Å². The van der Waals surface area contributed by atoms with E-state index in [0.29, 0.717) is 0 Å². The lowest BCUT2D eigenvalue weighted by atomic mass is 9.96. The van der Waals surface area contributed by atoms with Gasteiger partial charge in [0.1, 0.15) is 14.1 Å². The molecule has 3 aromatic rings. The van der Waals surface area contributed by atoms with Gasteiger partial charge in [0, 0.05) is 18.4 Å². The molecule has 1 aromatic carbocycles. The fraction of sp³-hybridized carbons (Fsp3) is 0.312. The summed E-state index contributed by atoms with van der Waals surface area (Å²) in [7, 11) is 2.06. The molecule has 5 nitrogen and oxygen atoms in total. The largest absolute Gasteiger partial charge is 0.357 e. The van der Waals surface area contributed by atoms with Gasteiger partial charge in [-0.2, -0.15) is 5.10 Å². The van der Waals surface area contributed by atoms with Gasteiger partial charge >= 0.3 is 0 Å². The minimum Gasteiger partial charge on any atom is -0.357 e. The molecule has 0 amide bonds. The molecule has 1 atom stereocenters. The number of hydrogen-bond donors (Lipinski definition) is 0. The highest BCUT2D eigenvalue weighted by atomic mass is 16.5. The van der Waals surface area contributed by atoms with E-state index in [0.717, 1.165) is 41.7 Å². The first-order valence-electron chi connectivity index (χ1n) is 7.69. The summed E-state index contributed by atoms with van der Waals surface area (Å²) in [6.07, 6.45) is 9.04. The van der Waals surface area contributed by atoms with Gasteiger partial charge in [-0.3, -0.25) is 4.98 Å². The molecule has 1 saturated heterocycles. The quantitative estimate of drug-likeness (QED) is 0.671. The van der Waals surface area contributed by atoms with Crippen molar-refractivity contribution in [2.75, 3.05) is 6.61 Å². The fourth-order valence-electron chi connectivity index (χ4n) is 2.82. The summed E-state index contributed by atoms with van der Waals surface area (Å²) in [4.78, 5) is 9.20. The Hall–Kier alpha value is -2.21. The first-order valence-corrected chi connectivity index (χ1v) is 7.69. The molecule has 0 spiro atoms. The molecule has 0 saturated carbocycles. The third-order valence-corrected chi connectivity index (χ3v) is 4.05. The average Bonchev–Trinajstić information content (AvgIpc) is 3.05. The van der Waals surface area contributed by atoms with Crippen LogP contribution in [0, 0.1) is 0 Å². The first kappa shape index (κ1) is 13.5. The summed E-state index contributed by atoms with van der Waals surface area (Å²) in [5, 5.41) is 4.44. The molecular weight excluding hydrogens is 275 g/mol. The number of aromatic nitrogens is 4. The summed E-state index contributed by atoms with van der Waals surface area (Å²) >= 11 is 0. The third-order valence-electron chi connectivity index (χ3n) is 4.05. The highest BCUT2D eigenvalue weighted by molar-refractivity contribution is 6.33. The highest BCUT2D eigenvalue weighted by Crippen LogP contribution is 2.24. The van der Waals surface area contributed by atoms with Crippen molar-refractivity contribution in [3.8, 4) is 11.3 Å². The van der Waals surface area contributed by atoms with Crippen LogP contribution in [0.3, 0.4) is 0 Å². The summed E-state index contributed by atoms with van der Waals surface area (Å²) in [5.41, 5.74) is 4.84. The molecule has 3 heterocycles. The predicted molar refractivity (Wildman–Crippen MR) is 87.8 cm³/mol. The number of ether oxygens (including phenoxy) is 1. The second kappa shape index (κ2) is 5.53. The Balaban J connectivity index is 1.68. The van der Waals surface area contributed by atoms with Crippen LogP contribution in [-0.2, 0) is 4.74 Å². The number of fused-ring (bicyclic) bond motifs is 1. The van der Waals surface area contributed by atoms with E-state index in [9.17, 15) is 0 Å². The number of nitrogens with zero attached hydrogens (tertiary/aromatic N) is 4. The Bertz CT molecular complexity index is 811. The van der Waals surface area contributed by atoms with Gasteiger partial charge in [0.15, 0.2) is 0 Å². The zero-order valence-corrected chi connectivity index (χ0v) is 12.6. The number of benzene rings is 1. The molecule has 1 aliphatic heterocycles. The van der Waals surface area contributed by atoms with Gasteiger partial charge in [0.25, 0.3) is 0 Å². The number of rotatable bonds is 2. The van der Waals surface area contributed by atoms with E-state index in [-0.39, 0.29) is 6.23 Å². The van der Waals surface area contributed by atoms with Crippen LogP contribution in [0.15, 0.2) is 36.8 Å². The van der Waals surface area contributed by atoms with Gasteiger partial charge < -0.3 is 4.74 Å². The highest BCUT2D eigenvalue weighted by Gasteiger charge is 2.17. The van der Waals surface area contributed by atoms with Gasteiger partial charge in [-0.25, -0.2) is 9.67 Å². The molecule has 0 aliphatic carbocycles. The predicted octanol–water partition coefficient (Wildman–Crippen LogP) is 1.45. The Labute approximate surface area is 129 Å². The molecule has 0 N–H and O–H groups in total. The molecule has 4 rings (SSSR count). The van der Waals surface area contributed by atoms with Crippen LogP contribution in [0.4, 0.5) is 0 Å². The second-order valence-corrected chi connectivity index (χ2v) is 5.78. The van der Waals surface area contributed by atoms with E-state index in [2.05, 4.69) is 30.1 Å². The molecule has 0 bridgehead atoms. The zero-order valence-electron chi connectivity index (χ0n) is 12.6. The third kappa shape index (κ3) is 2.50. The summed E-state index contributed by atoms with van der Waals surface area (Å²) in [6.45, 7) is 0.814. The van der Waals surface area contributed by atoms with Crippen LogP contribution in [-0.4, -0.2) is 34.2 Å². The molecule has 6 heteroatoms. The second-order valence-electron chi connectivity index (χ2n) is 5.78. The maximum absolute atomic E-state index is 5.76. The van der Waals surface area contributed by atoms with Crippen molar-refractivity contribution in [2.24, 2.45) is 0 Å². The number of hydrogen-bond acceptors (Lipinski definition) is 4. The lowest BCUT2D eigenvalue weighted by Gasteiger charge is -2.22. The van der Waals surface area contributed by atoms with E-state index >= 15 is 0 Å². The summed E-state index contributed by atoms with van der Waals surface area (Å²) < 4.78 is 7.66. The lowest BCUT2D eigenvalue weighted by molar-refractivity contribution is -0.0394. The van der Waals surface area contributed by atoms with Gasteiger partial charge in [-0.1, -0.05) is 11.5 Å². The van der Waals surface area contributed by atoms with Crippen LogP contribution >= 0.6 is 0 Å². The topological polar surface area (TPSA) is 52.8 Å². The minimum absolute atomic E-state index is 0.0539. The van der Waals surface area contributed by atoms with Gasteiger partial charge in [0.2, 0.25) is 0 Å². The van der Waals surface area contributed by atoms with Gasteiger partial charge in [-0.05, 0) is 31.4 Å². The van der Waals surface area contributed by atoms with E-state index in [4.69, 9.17) is 9.72 Å². The molecule has 1 aliphatic rings. The molecular formula is C16H17BN4O. The fourth-order valence-corrected chi connectivity index (χ4v) is 2.82. The van der Waals surface area contributed by atoms with Crippen molar-refractivity contribution in [1.82, 2.24) is 19.7 Å². The van der Waals surface area contributed by atoms with Crippen LogP contribution in [0.25, 0.3) is 22.3 Å². The van der Waals surface area contributed by atoms with E-state index in [1.54, 1.807) is 6.20 Å². The smallest absolute Gasteiger partial charge is 0.150 e. The van der Waals surface area contributed by atoms with Gasteiger partial charge in [0.05, 0.1) is 29.1 Å². The van der Waals surface area contributed by atoms with Crippen molar-refractivity contribution in [3.05, 3.63) is 36.8 Å². The van der Waals surface area contributed by atoms with E-state index in [1.807, 2.05) is 23.1 Å². The molecule has 22 heavy (non-hydrogen) atoms. The molecule has 2 aromatic heterocycles. The lowest BCUT2D eigenvalue weighted by Crippen LogP contribution is -2.18. The van der Waals surface area contributed by atoms with Crippen molar-refractivity contribution in [2.45, 2.75) is 25.5 Å². The average molecular weight is 292 g/mol. The minimum atomic E-state index is 0.0539.